The van der Waals surface area contributed by atoms with Gasteiger partial charge in [0.2, 0.25) is 0 Å². The standard InChI is InChI=1S/C11H20N2S/c1-4-12-5-6-13-8-11-7-9(2)10(3)14-11/h7,12-13H,4-6,8H2,1-3H3. The zero-order chi connectivity index (χ0) is 10.4. The summed E-state index contributed by atoms with van der Waals surface area (Å²) in [6, 6.07) is 2.28. The molecule has 2 nitrogen and oxygen atoms in total. The molecule has 0 saturated heterocycles. The maximum Gasteiger partial charge on any atom is 0.0300 e. The molecule has 0 fully saturated rings. The zero-order valence-corrected chi connectivity index (χ0v) is 10.1. The highest BCUT2D eigenvalue weighted by Crippen LogP contribution is 2.19. The highest BCUT2D eigenvalue weighted by Gasteiger charge is 2.00. The Morgan fingerprint density at radius 1 is 1.21 bits per heavy atom. The third-order valence-corrected chi connectivity index (χ3v) is 3.40. The van der Waals surface area contributed by atoms with Gasteiger partial charge in [0, 0.05) is 29.4 Å². The van der Waals surface area contributed by atoms with Crippen LogP contribution in [0.1, 0.15) is 22.2 Å². The molecule has 14 heavy (non-hydrogen) atoms. The predicted octanol–water partition coefficient (Wildman–Crippen LogP) is 2.06. The van der Waals surface area contributed by atoms with Crippen LogP contribution in [0.5, 0.6) is 0 Å². The van der Waals surface area contributed by atoms with Gasteiger partial charge in [0.25, 0.3) is 0 Å². The van der Waals surface area contributed by atoms with Crippen LogP contribution in [0, 0.1) is 13.8 Å². The molecule has 0 spiro atoms. The largest absolute Gasteiger partial charge is 0.316 e. The minimum absolute atomic E-state index is 1.00. The Balaban J connectivity index is 2.18. The first-order valence-corrected chi connectivity index (χ1v) is 6.03. The maximum atomic E-state index is 3.42. The Morgan fingerprint density at radius 2 is 1.93 bits per heavy atom. The summed E-state index contributed by atoms with van der Waals surface area (Å²) >= 11 is 1.90. The van der Waals surface area contributed by atoms with Crippen molar-refractivity contribution < 1.29 is 0 Å². The van der Waals surface area contributed by atoms with E-state index in [2.05, 4.69) is 37.5 Å². The van der Waals surface area contributed by atoms with Crippen molar-refractivity contribution in [1.82, 2.24) is 10.6 Å². The van der Waals surface area contributed by atoms with Gasteiger partial charge in [-0.2, -0.15) is 0 Å². The normalized spacial score (nSPS) is 10.8. The SMILES string of the molecule is CCNCCNCc1cc(C)c(C)s1. The average molecular weight is 212 g/mol. The van der Waals surface area contributed by atoms with Crippen molar-refractivity contribution in [2.75, 3.05) is 19.6 Å². The second-order valence-corrected chi connectivity index (χ2v) is 4.82. The summed E-state index contributed by atoms with van der Waals surface area (Å²) in [6.07, 6.45) is 0. The fraction of sp³-hybridized carbons (Fsp3) is 0.636. The summed E-state index contributed by atoms with van der Waals surface area (Å²) in [5.41, 5.74) is 1.42. The molecule has 80 valence electrons. The molecule has 0 saturated carbocycles. The Kier molecular flexibility index (Phi) is 5.15. The van der Waals surface area contributed by atoms with Crippen LogP contribution < -0.4 is 10.6 Å². The van der Waals surface area contributed by atoms with Crippen molar-refractivity contribution in [3.8, 4) is 0 Å². The van der Waals surface area contributed by atoms with Crippen LogP contribution in [0.2, 0.25) is 0 Å². The van der Waals surface area contributed by atoms with Gasteiger partial charge in [-0.25, -0.2) is 0 Å². The van der Waals surface area contributed by atoms with Crippen molar-refractivity contribution in [3.63, 3.8) is 0 Å². The molecule has 1 rings (SSSR count). The van der Waals surface area contributed by atoms with E-state index in [1.54, 1.807) is 0 Å². The maximum absolute atomic E-state index is 3.42. The Hall–Kier alpha value is -0.380. The summed E-state index contributed by atoms with van der Waals surface area (Å²) in [7, 11) is 0. The monoisotopic (exact) mass is 212 g/mol. The van der Waals surface area contributed by atoms with Gasteiger partial charge in [0.05, 0.1) is 0 Å². The van der Waals surface area contributed by atoms with Crippen LogP contribution in [0.15, 0.2) is 6.07 Å². The predicted molar refractivity (Wildman–Crippen MR) is 64.0 cm³/mol. The fourth-order valence-electron chi connectivity index (χ4n) is 1.30. The van der Waals surface area contributed by atoms with E-state index >= 15 is 0 Å². The van der Waals surface area contributed by atoms with Gasteiger partial charge in [-0.1, -0.05) is 6.92 Å². The van der Waals surface area contributed by atoms with Gasteiger partial charge in [-0.05, 0) is 32.0 Å². The lowest BCUT2D eigenvalue weighted by Crippen LogP contribution is -2.26. The molecule has 1 aromatic heterocycles. The molecule has 0 radical (unpaired) electrons. The van der Waals surface area contributed by atoms with E-state index in [4.69, 9.17) is 0 Å². The third kappa shape index (κ3) is 3.78. The molecule has 3 heteroatoms. The van der Waals surface area contributed by atoms with Crippen molar-refractivity contribution >= 4 is 11.3 Å². The number of aryl methyl sites for hydroxylation is 2. The van der Waals surface area contributed by atoms with Crippen LogP contribution >= 0.6 is 11.3 Å². The first-order valence-electron chi connectivity index (χ1n) is 5.21. The molecular formula is C11H20N2S. The lowest BCUT2D eigenvalue weighted by Gasteiger charge is -2.02. The highest BCUT2D eigenvalue weighted by atomic mass is 32.1. The molecule has 1 aromatic rings. The van der Waals surface area contributed by atoms with E-state index in [-0.39, 0.29) is 0 Å². The fourth-order valence-corrected chi connectivity index (χ4v) is 2.33. The van der Waals surface area contributed by atoms with Crippen molar-refractivity contribution in [3.05, 3.63) is 21.4 Å². The Labute approximate surface area is 90.7 Å². The van der Waals surface area contributed by atoms with E-state index in [0.29, 0.717) is 0 Å². The number of hydrogen-bond donors (Lipinski definition) is 2. The lowest BCUT2D eigenvalue weighted by molar-refractivity contribution is 0.628. The summed E-state index contributed by atoms with van der Waals surface area (Å²) < 4.78 is 0. The van der Waals surface area contributed by atoms with Crippen LogP contribution in [0.3, 0.4) is 0 Å². The van der Waals surface area contributed by atoms with E-state index < -0.39 is 0 Å². The quantitative estimate of drug-likeness (QED) is 0.705. The molecule has 0 aromatic carbocycles. The number of hydrogen-bond acceptors (Lipinski definition) is 3. The van der Waals surface area contributed by atoms with E-state index in [9.17, 15) is 0 Å². The molecule has 0 bridgehead atoms. The van der Waals surface area contributed by atoms with Crippen LogP contribution in [-0.4, -0.2) is 19.6 Å². The van der Waals surface area contributed by atoms with Crippen LogP contribution in [0.4, 0.5) is 0 Å². The minimum atomic E-state index is 1.00. The number of likely N-dealkylation sites (N-methyl/N-ethyl adjacent to an activating group) is 1. The van der Waals surface area contributed by atoms with Crippen LogP contribution in [0.25, 0.3) is 0 Å². The first kappa shape index (κ1) is 11.7. The molecule has 0 aliphatic rings. The van der Waals surface area contributed by atoms with Crippen molar-refractivity contribution in [2.45, 2.75) is 27.3 Å². The van der Waals surface area contributed by atoms with Crippen LogP contribution in [-0.2, 0) is 6.54 Å². The van der Waals surface area contributed by atoms with Gasteiger partial charge in [0.15, 0.2) is 0 Å². The smallest absolute Gasteiger partial charge is 0.0300 e. The van der Waals surface area contributed by atoms with Crippen molar-refractivity contribution in [1.29, 1.82) is 0 Å². The number of nitrogens with one attached hydrogen (secondary N) is 2. The molecule has 0 atom stereocenters. The number of rotatable bonds is 6. The second-order valence-electron chi connectivity index (χ2n) is 3.48. The third-order valence-electron chi connectivity index (χ3n) is 2.24. The molecule has 1 heterocycles. The summed E-state index contributed by atoms with van der Waals surface area (Å²) in [5, 5.41) is 6.72. The summed E-state index contributed by atoms with van der Waals surface area (Å²) in [6.45, 7) is 10.6. The minimum Gasteiger partial charge on any atom is -0.316 e. The molecule has 2 N–H and O–H groups in total. The average Bonchev–Trinajstić information content (AvgIpc) is 2.46. The lowest BCUT2D eigenvalue weighted by atomic mass is 10.3. The van der Waals surface area contributed by atoms with E-state index in [1.165, 1.54) is 15.3 Å². The zero-order valence-electron chi connectivity index (χ0n) is 9.31. The van der Waals surface area contributed by atoms with Gasteiger partial charge >= 0.3 is 0 Å². The van der Waals surface area contributed by atoms with E-state index in [1.807, 2.05) is 11.3 Å². The second kappa shape index (κ2) is 6.17. The van der Waals surface area contributed by atoms with Gasteiger partial charge in [-0.3, -0.25) is 0 Å². The van der Waals surface area contributed by atoms with Crippen molar-refractivity contribution in [2.24, 2.45) is 0 Å². The molecular weight excluding hydrogens is 192 g/mol. The first-order chi connectivity index (χ1) is 6.74. The van der Waals surface area contributed by atoms with Gasteiger partial charge in [-0.15, -0.1) is 11.3 Å². The van der Waals surface area contributed by atoms with E-state index in [0.717, 1.165) is 26.2 Å². The Bertz CT molecular complexity index is 249. The molecule has 0 amide bonds. The van der Waals surface area contributed by atoms with Gasteiger partial charge in [0.1, 0.15) is 0 Å². The summed E-state index contributed by atoms with van der Waals surface area (Å²) in [4.78, 5) is 2.88. The highest BCUT2D eigenvalue weighted by molar-refractivity contribution is 7.12. The summed E-state index contributed by atoms with van der Waals surface area (Å²) in [5.74, 6) is 0. The van der Waals surface area contributed by atoms with Gasteiger partial charge < -0.3 is 10.6 Å². The molecule has 0 unspecified atom stereocenters. The molecule has 0 aliphatic heterocycles. The molecule has 0 aliphatic carbocycles. The number of thiophene rings is 1. The topological polar surface area (TPSA) is 24.1 Å². The Morgan fingerprint density at radius 3 is 2.50 bits per heavy atom.